The first-order valence-electron chi connectivity index (χ1n) is 12.4. The summed E-state index contributed by atoms with van der Waals surface area (Å²) in [5, 5.41) is 20.5. The number of nitrogens with zero attached hydrogens (tertiary/aromatic N) is 2. The molecule has 2 aromatic carbocycles. The molecule has 3 amide bonds. The number of aliphatic carboxylic acids is 1. The van der Waals surface area contributed by atoms with E-state index in [1.54, 1.807) is 70.2 Å². The Morgan fingerprint density at radius 1 is 1.13 bits per heavy atom. The molecule has 0 aromatic heterocycles. The average Bonchev–Trinajstić information content (AvgIpc) is 3.15. The van der Waals surface area contributed by atoms with E-state index in [1.807, 2.05) is 0 Å². The van der Waals surface area contributed by atoms with Gasteiger partial charge >= 0.3 is 5.97 Å². The third-order valence-electron chi connectivity index (χ3n) is 6.65. The number of carboxylic acids is 1. The molecule has 2 aromatic rings. The number of nitrogen functional groups attached to an aromatic ring is 1. The average molecular weight is 554 g/mol. The molecule has 2 aliphatic rings. The summed E-state index contributed by atoms with van der Waals surface area (Å²) >= 11 is 1.31. The quantitative estimate of drug-likeness (QED) is 0.159. The summed E-state index contributed by atoms with van der Waals surface area (Å²) in [7, 11) is 0. The largest absolute Gasteiger partial charge is 0.480 e. The highest BCUT2D eigenvalue weighted by atomic mass is 32.2. The fourth-order valence-corrected chi connectivity index (χ4v) is 6.32. The van der Waals surface area contributed by atoms with E-state index in [0.717, 1.165) is 5.06 Å². The smallest absolute Gasteiger partial charge is 0.327 e. The van der Waals surface area contributed by atoms with E-state index in [0.29, 0.717) is 11.1 Å². The number of hydrogen-bond donors (Lipinski definition) is 4. The molecule has 2 unspecified atom stereocenters. The first-order chi connectivity index (χ1) is 18.3. The van der Waals surface area contributed by atoms with Crippen LogP contribution in [0.15, 0.2) is 54.6 Å². The highest BCUT2D eigenvalue weighted by molar-refractivity contribution is 8.01. The summed E-state index contributed by atoms with van der Waals surface area (Å²) in [5.74, 6) is -3.14. The number of benzene rings is 2. The second kappa shape index (κ2) is 10.6. The summed E-state index contributed by atoms with van der Waals surface area (Å²) in [4.78, 5) is 59.4. The number of nitrogens with two attached hydrogens (primary N) is 1. The van der Waals surface area contributed by atoms with Gasteiger partial charge in [0.1, 0.15) is 23.3 Å². The second-order valence-electron chi connectivity index (χ2n) is 10.2. The van der Waals surface area contributed by atoms with Crippen LogP contribution in [0.3, 0.4) is 0 Å². The summed E-state index contributed by atoms with van der Waals surface area (Å²) in [6, 6.07) is 11.5. The lowest BCUT2D eigenvalue weighted by Gasteiger charge is -2.44. The normalized spacial score (nSPS) is 21.9. The Morgan fingerprint density at radius 3 is 2.28 bits per heavy atom. The number of rotatable bonds is 9. The Balaban J connectivity index is 1.65. The van der Waals surface area contributed by atoms with Crippen molar-refractivity contribution in [3.05, 3.63) is 65.7 Å². The van der Waals surface area contributed by atoms with Gasteiger partial charge in [0.2, 0.25) is 5.91 Å². The number of hydroxylamine groups is 2. The van der Waals surface area contributed by atoms with Crippen molar-refractivity contribution in [2.24, 2.45) is 11.7 Å². The van der Waals surface area contributed by atoms with Crippen LogP contribution in [0.5, 0.6) is 5.75 Å². The molecule has 0 radical (unpaired) electrons. The zero-order valence-electron chi connectivity index (χ0n) is 22.0. The SMILES string of the molecule is CC(C)C(=O)N(Oc1ccc(C(=N)N)cc1)C(C(=O)NC1C(=O)N2[C@@H]1SC(C)(C)[C@@H]2C(=O)O)c1ccccc1. The van der Waals surface area contributed by atoms with Crippen molar-refractivity contribution in [3.63, 3.8) is 0 Å². The van der Waals surface area contributed by atoms with E-state index in [-0.39, 0.29) is 11.6 Å². The van der Waals surface area contributed by atoms with Gasteiger partial charge in [0, 0.05) is 16.2 Å². The number of amidine groups is 1. The molecule has 0 spiro atoms. The van der Waals surface area contributed by atoms with Gasteiger partial charge in [0.05, 0.1) is 0 Å². The predicted octanol–water partition coefficient (Wildman–Crippen LogP) is 2.12. The minimum absolute atomic E-state index is 0.129. The zero-order chi connectivity index (χ0) is 28.6. The summed E-state index contributed by atoms with van der Waals surface area (Å²) < 4.78 is -0.751. The van der Waals surface area contributed by atoms with Crippen molar-refractivity contribution >= 4 is 41.3 Å². The third-order valence-corrected chi connectivity index (χ3v) is 8.22. The van der Waals surface area contributed by atoms with Gasteiger partial charge in [-0.25, -0.2) is 4.79 Å². The molecule has 2 aliphatic heterocycles. The van der Waals surface area contributed by atoms with Gasteiger partial charge in [-0.15, -0.1) is 11.8 Å². The summed E-state index contributed by atoms with van der Waals surface area (Å²) in [5.41, 5.74) is 6.45. The summed E-state index contributed by atoms with van der Waals surface area (Å²) in [6.07, 6.45) is 0. The maximum Gasteiger partial charge on any atom is 0.327 e. The molecule has 0 saturated carbocycles. The van der Waals surface area contributed by atoms with Crippen molar-refractivity contribution in [1.82, 2.24) is 15.3 Å². The van der Waals surface area contributed by atoms with Crippen LogP contribution in [0.2, 0.25) is 0 Å². The van der Waals surface area contributed by atoms with E-state index in [9.17, 15) is 24.3 Å². The molecular formula is C27H31N5O6S. The van der Waals surface area contributed by atoms with Gasteiger partial charge in [-0.2, -0.15) is 5.06 Å². The van der Waals surface area contributed by atoms with Crippen molar-refractivity contribution in [2.75, 3.05) is 0 Å². The van der Waals surface area contributed by atoms with Crippen molar-refractivity contribution in [1.29, 1.82) is 5.41 Å². The van der Waals surface area contributed by atoms with Gasteiger partial charge in [0.25, 0.3) is 11.8 Å². The number of amides is 3. The first-order valence-corrected chi connectivity index (χ1v) is 13.2. The molecule has 206 valence electrons. The molecule has 2 saturated heterocycles. The summed E-state index contributed by atoms with van der Waals surface area (Å²) in [6.45, 7) is 6.85. The Morgan fingerprint density at radius 2 is 1.74 bits per heavy atom. The number of hydrogen-bond acceptors (Lipinski definition) is 7. The van der Waals surface area contributed by atoms with Crippen LogP contribution in [0.1, 0.15) is 44.9 Å². The van der Waals surface area contributed by atoms with E-state index in [2.05, 4.69) is 5.32 Å². The number of carbonyl (C=O) groups is 4. The van der Waals surface area contributed by atoms with Crippen LogP contribution < -0.4 is 15.9 Å². The number of carboxylic acid groups (broad SMARTS) is 1. The van der Waals surface area contributed by atoms with Gasteiger partial charge in [-0.3, -0.25) is 19.8 Å². The van der Waals surface area contributed by atoms with Crippen LogP contribution in [0, 0.1) is 11.3 Å². The first kappa shape index (κ1) is 28.0. The molecule has 0 bridgehead atoms. The Labute approximate surface area is 230 Å². The van der Waals surface area contributed by atoms with E-state index in [1.165, 1.54) is 28.8 Å². The molecule has 11 nitrogen and oxygen atoms in total. The van der Waals surface area contributed by atoms with E-state index in [4.69, 9.17) is 16.0 Å². The van der Waals surface area contributed by atoms with Gasteiger partial charge in [-0.1, -0.05) is 44.2 Å². The molecule has 4 rings (SSSR count). The molecule has 5 N–H and O–H groups in total. The fraction of sp³-hybridized carbons (Fsp3) is 0.370. The Hall–Kier alpha value is -4.06. The fourth-order valence-electron chi connectivity index (χ4n) is 4.69. The standard InChI is InChI=1S/C27H31N5O6S/c1-14(2)23(34)32(38-17-12-10-16(11-13-17)21(28)29)19(15-8-6-5-7-9-15)22(33)30-18-24(35)31-20(26(36)37)27(3,4)39-25(18)31/h5-14,18-20,25H,1-4H3,(H3,28,29)(H,30,33)(H,36,37)/t18?,19?,20-,25+/m0/s1. The Bertz CT molecular complexity index is 1300. The predicted molar refractivity (Wildman–Crippen MR) is 145 cm³/mol. The molecule has 0 aliphatic carbocycles. The van der Waals surface area contributed by atoms with Crippen molar-refractivity contribution < 1.29 is 29.1 Å². The molecular weight excluding hydrogens is 522 g/mol. The van der Waals surface area contributed by atoms with Crippen LogP contribution in [-0.2, 0) is 19.2 Å². The molecule has 2 heterocycles. The zero-order valence-corrected chi connectivity index (χ0v) is 22.8. The van der Waals surface area contributed by atoms with Crippen molar-refractivity contribution in [3.8, 4) is 5.75 Å². The van der Waals surface area contributed by atoms with Gasteiger partial charge < -0.3 is 25.9 Å². The minimum Gasteiger partial charge on any atom is -0.480 e. The lowest BCUT2D eigenvalue weighted by molar-refractivity contribution is -0.176. The third kappa shape index (κ3) is 5.29. The van der Waals surface area contributed by atoms with Crippen LogP contribution >= 0.6 is 11.8 Å². The molecule has 12 heteroatoms. The number of fused-ring (bicyclic) bond motifs is 1. The maximum atomic E-state index is 13.8. The lowest BCUT2D eigenvalue weighted by Crippen LogP contribution is -2.71. The topological polar surface area (TPSA) is 166 Å². The molecule has 39 heavy (non-hydrogen) atoms. The molecule has 2 fully saturated rings. The van der Waals surface area contributed by atoms with E-state index >= 15 is 0 Å². The lowest BCUT2D eigenvalue weighted by atomic mass is 9.95. The molecule has 4 atom stereocenters. The number of β-lactam (4-membered cyclic amide) rings is 1. The minimum atomic E-state index is -1.26. The van der Waals surface area contributed by atoms with E-state index < -0.39 is 57.9 Å². The van der Waals surface area contributed by atoms with Crippen molar-refractivity contribution in [2.45, 2.75) is 55.9 Å². The monoisotopic (exact) mass is 553 g/mol. The number of thioether (sulfide) groups is 1. The number of nitrogens with one attached hydrogen (secondary N) is 2. The Kier molecular flexibility index (Phi) is 7.60. The number of carbonyl (C=O) groups excluding carboxylic acids is 3. The van der Waals surface area contributed by atoms with Crippen LogP contribution in [0.25, 0.3) is 0 Å². The highest BCUT2D eigenvalue weighted by Crippen LogP contribution is 2.50. The van der Waals surface area contributed by atoms with Crippen LogP contribution in [-0.4, -0.2) is 66.8 Å². The van der Waals surface area contributed by atoms with Gasteiger partial charge in [0.15, 0.2) is 11.8 Å². The van der Waals surface area contributed by atoms with Gasteiger partial charge in [-0.05, 0) is 43.7 Å². The van der Waals surface area contributed by atoms with Crippen LogP contribution in [0.4, 0.5) is 0 Å². The maximum absolute atomic E-state index is 13.8. The highest BCUT2D eigenvalue weighted by Gasteiger charge is 2.64. The second-order valence-corrected chi connectivity index (χ2v) is 12.0.